The standard InChI is InChI=1S/C24H30N2O7/c1-24(2,3)33-23(30)26(4)13-8-14-32-18-10-7-6-9-15(18)20(27)17-12-11-16(22(28)29)19(25)21(17)31-5/h6-7,9-12H,8,13-14,25H2,1-5H3,(H,28,29). The Morgan fingerprint density at radius 1 is 1.03 bits per heavy atom. The molecular formula is C24H30N2O7. The molecule has 0 aromatic heterocycles. The molecule has 0 heterocycles. The number of carboxylic acids is 1. The van der Waals surface area contributed by atoms with Crippen molar-refractivity contribution >= 4 is 23.5 Å². The molecule has 0 bridgehead atoms. The summed E-state index contributed by atoms with van der Waals surface area (Å²) in [6.07, 6.45) is 0.0922. The van der Waals surface area contributed by atoms with E-state index in [1.165, 1.54) is 24.1 Å². The van der Waals surface area contributed by atoms with E-state index in [4.69, 9.17) is 19.9 Å². The average molecular weight is 459 g/mol. The van der Waals surface area contributed by atoms with E-state index in [-0.39, 0.29) is 34.7 Å². The summed E-state index contributed by atoms with van der Waals surface area (Å²) >= 11 is 0. The largest absolute Gasteiger partial charge is 0.494 e. The maximum absolute atomic E-state index is 13.2. The zero-order valence-electron chi connectivity index (χ0n) is 19.5. The third kappa shape index (κ3) is 6.61. The number of nitrogens with two attached hydrogens (primary N) is 1. The number of methoxy groups -OCH3 is 1. The molecule has 0 saturated heterocycles. The normalized spacial score (nSPS) is 10.9. The molecule has 0 spiro atoms. The zero-order valence-corrected chi connectivity index (χ0v) is 19.5. The van der Waals surface area contributed by atoms with Crippen molar-refractivity contribution < 1.29 is 33.7 Å². The van der Waals surface area contributed by atoms with Crippen LogP contribution in [0.4, 0.5) is 10.5 Å². The number of benzene rings is 2. The SMILES string of the molecule is COc1c(C(=O)c2ccccc2OCCCN(C)C(=O)OC(C)(C)C)ccc(C(=O)O)c1N. The van der Waals surface area contributed by atoms with E-state index < -0.39 is 23.4 Å². The smallest absolute Gasteiger partial charge is 0.410 e. The van der Waals surface area contributed by atoms with Gasteiger partial charge in [-0.3, -0.25) is 4.79 Å². The van der Waals surface area contributed by atoms with Crippen LogP contribution in [0.2, 0.25) is 0 Å². The molecule has 0 fully saturated rings. The van der Waals surface area contributed by atoms with Crippen LogP contribution in [0.15, 0.2) is 36.4 Å². The number of ketones is 1. The molecule has 0 atom stereocenters. The first-order valence-corrected chi connectivity index (χ1v) is 10.4. The molecule has 1 amide bonds. The lowest BCUT2D eigenvalue weighted by molar-refractivity contribution is 0.0291. The number of ether oxygens (including phenoxy) is 3. The summed E-state index contributed by atoms with van der Waals surface area (Å²) in [5, 5.41) is 9.25. The Morgan fingerprint density at radius 2 is 1.67 bits per heavy atom. The van der Waals surface area contributed by atoms with Gasteiger partial charge in [-0.2, -0.15) is 0 Å². The van der Waals surface area contributed by atoms with Gasteiger partial charge in [-0.1, -0.05) is 12.1 Å². The molecule has 2 rings (SSSR count). The topological polar surface area (TPSA) is 128 Å². The lowest BCUT2D eigenvalue weighted by Gasteiger charge is -2.24. The van der Waals surface area contributed by atoms with Crippen molar-refractivity contribution in [3.63, 3.8) is 0 Å². The van der Waals surface area contributed by atoms with E-state index in [1.807, 2.05) is 0 Å². The molecule has 2 aromatic rings. The number of anilines is 1. The maximum Gasteiger partial charge on any atom is 0.410 e. The summed E-state index contributed by atoms with van der Waals surface area (Å²) in [4.78, 5) is 38.0. The second kappa shape index (κ2) is 10.7. The van der Waals surface area contributed by atoms with Crippen molar-refractivity contribution in [3.8, 4) is 11.5 Å². The number of carbonyl (C=O) groups is 3. The highest BCUT2D eigenvalue weighted by Crippen LogP contribution is 2.33. The van der Waals surface area contributed by atoms with Gasteiger partial charge in [-0.25, -0.2) is 9.59 Å². The van der Waals surface area contributed by atoms with Crippen molar-refractivity contribution in [1.82, 2.24) is 4.90 Å². The molecule has 0 aliphatic heterocycles. The molecular weight excluding hydrogens is 428 g/mol. The van der Waals surface area contributed by atoms with E-state index in [1.54, 1.807) is 52.1 Å². The van der Waals surface area contributed by atoms with Crippen LogP contribution in [0.3, 0.4) is 0 Å². The van der Waals surface area contributed by atoms with Gasteiger partial charge in [-0.05, 0) is 51.5 Å². The van der Waals surface area contributed by atoms with Crippen molar-refractivity contribution in [2.24, 2.45) is 0 Å². The number of nitrogen functional groups attached to an aromatic ring is 1. The molecule has 178 valence electrons. The number of para-hydroxylation sites is 1. The lowest BCUT2D eigenvalue weighted by Crippen LogP contribution is -2.35. The van der Waals surface area contributed by atoms with Gasteiger partial charge < -0.3 is 30.0 Å². The summed E-state index contributed by atoms with van der Waals surface area (Å²) in [6, 6.07) is 9.32. The van der Waals surface area contributed by atoms with Crippen LogP contribution in [0.5, 0.6) is 11.5 Å². The molecule has 33 heavy (non-hydrogen) atoms. The number of aromatic carboxylic acids is 1. The van der Waals surface area contributed by atoms with E-state index in [0.717, 1.165) is 0 Å². The molecule has 9 heteroatoms. The number of carboxylic acid groups (broad SMARTS) is 1. The van der Waals surface area contributed by atoms with Crippen LogP contribution in [0, 0.1) is 0 Å². The molecule has 0 unspecified atom stereocenters. The Morgan fingerprint density at radius 3 is 2.27 bits per heavy atom. The van der Waals surface area contributed by atoms with Crippen LogP contribution in [-0.4, -0.2) is 60.8 Å². The number of carbonyl (C=O) groups excluding carboxylic acids is 2. The quantitative estimate of drug-likeness (QED) is 0.329. The Bertz CT molecular complexity index is 1030. The first-order valence-electron chi connectivity index (χ1n) is 10.4. The Hall–Kier alpha value is -3.75. The Balaban J connectivity index is 2.12. The Labute approximate surface area is 193 Å². The highest BCUT2D eigenvalue weighted by atomic mass is 16.6. The van der Waals surface area contributed by atoms with Crippen molar-refractivity contribution in [2.75, 3.05) is 33.0 Å². The fourth-order valence-corrected chi connectivity index (χ4v) is 3.02. The van der Waals surface area contributed by atoms with Crippen LogP contribution in [-0.2, 0) is 4.74 Å². The van der Waals surface area contributed by atoms with E-state index in [2.05, 4.69) is 0 Å². The van der Waals surface area contributed by atoms with Crippen LogP contribution in [0.1, 0.15) is 53.5 Å². The fraction of sp³-hybridized carbons (Fsp3) is 0.375. The maximum atomic E-state index is 13.2. The number of nitrogens with zero attached hydrogens (tertiary/aromatic N) is 1. The Kier molecular flexibility index (Phi) is 8.28. The molecule has 3 N–H and O–H groups in total. The van der Waals surface area contributed by atoms with Crippen LogP contribution < -0.4 is 15.2 Å². The number of hydrogen-bond acceptors (Lipinski definition) is 7. The van der Waals surface area contributed by atoms with Gasteiger partial charge in [0.05, 0.1) is 36.1 Å². The summed E-state index contributed by atoms with van der Waals surface area (Å²) in [6.45, 7) is 6.07. The van der Waals surface area contributed by atoms with E-state index in [0.29, 0.717) is 18.7 Å². The van der Waals surface area contributed by atoms with Gasteiger partial charge in [0, 0.05) is 13.6 Å². The minimum Gasteiger partial charge on any atom is -0.494 e. The van der Waals surface area contributed by atoms with Gasteiger partial charge in [-0.15, -0.1) is 0 Å². The summed E-state index contributed by atoms with van der Waals surface area (Å²) < 4.78 is 16.4. The van der Waals surface area contributed by atoms with Gasteiger partial charge in [0.25, 0.3) is 0 Å². The third-order valence-electron chi connectivity index (χ3n) is 4.61. The van der Waals surface area contributed by atoms with Crippen molar-refractivity contribution in [2.45, 2.75) is 32.8 Å². The monoisotopic (exact) mass is 458 g/mol. The molecule has 0 aliphatic rings. The van der Waals surface area contributed by atoms with Crippen LogP contribution in [0.25, 0.3) is 0 Å². The van der Waals surface area contributed by atoms with E-state index >= 15 is 0 Å². The summed E-state index contributed by atoms with van der Waals surface area (Å²) in [5.41, 5.74) is 5.46. The van der Waals surface area contributed by atoms with E-state index in [9.17, 15) is 19.5 Å². The molecule has 9 nitrogen and oxygen atoms in total. The van der Waals surface area contributed by atoms with Gasteiger partial charge in [0.2, 0.25) is 5.78 Å². The first-order chi connectivity index (χ1) is 15.5. The zero-order chi connectivity index (χ0) is 24.8. The number of rotatable bonds is 9. The molecule has 2 aromatic carbocycles. The average Bonchev–Trinajstić information content (AvgIpc) is 2.74. The first kappa shape index (κ1) is 25.5. The number of hydrogen-bond donors (Lipinski definition) is 2. The van der Waals surface area contributed by atoms with Gasteiger partial charge in [0.1, 0.15) is 11.4 Å². The third-order valence-corrected chi connectivity index (χ3v) is 4.61. The summed E-state index contributed by atoms with van der Waals surface area (Å²) in [5.74, 6) is -1.29. The van der Waals surface area contributed by atoms with Gasteiger partial charge >= 0.3 is 12.1 Å². The lowest BCUT2D eigenvalue weighted by atomic mass is 9.98. The van der Waals surface area contributed by atoms with Crippen molar-refractivity contribution in [1.29, 1.82) is 0 Å². The highest BCUT2D eigenvalue weighted by molar-refractivity contribution is 6.14. The predicted octanol–water partition coefficient (Wildman–Crippen LogP) is 3.84. The van der Waals surface area contributed by atoms with Crippen LogP contribution >= 0.6 is 0 Å². The minimum absolute atomic E-state index is 0.00584. The van der Waals surface area contributed by atoms with Crippen molar-refractivity contribution in [3.05, 3.63) is 53.1 Å². The fourth-order valence-electron chi connectivity index (χ4n) is 3.02. The molecule has 0 aliphatic carbocycles. The second-order valence-corrected chi connectivity index (χ2v) is 8.34. The summed E-state index contributed by atoms with van der Waals surface area (Å²) in [7, 11) is 2.96. The molecule has 0 saturated carbocycles. The number of amides is 1. The minimum atomic E-state index is -1.22. The highest BCUT2D eigenvalue weighted by Gasteiger charge is 2.23. The second-order valence-electron chi connectivity index (χ2n) is 8.34. The predicted molar refractivity (Wildman–Crippen MR) is 123 cm³/mol. The molecule has 0 radical (unpaired) electrons. The van der Waals surface area contributed by atoms with Gasteiger partial charge in [0.15, 0.2) is 5.75 Å².